The highest BCUT2D eigenvalue weighted by Crippen LogP contribution is 2.20. The molecule has 0 amide bonds. The first-order chi connectivity index (χ1) is 14.2. The van der Waals surface area contributed by atoms with Gasteiger partial charge >= 0.3 is 0 Å². The Labute approximate surface area is 175 Å². The summed E-state index contributed by atoms with van der Waals surface area (Å²) in [6.07, 6.45) is 3.34. The number of para-hydroxylation sites is 2. The van der Waals surface area contributed by atoms with Gasteiger partial charge in [-0.05, 0) is 48.6 Å². The third kappa shape index (κ3) is 4.60. The molecule has 0 atom stereocenters. The van der Waals surface area contributed by atoms with Gasteiger partial charge in [-0.1, -0.05) is 12.1 Å². The van der Waals surface area contributed by atoms with E-state index in [-0.39, 0.29) is 0 Å². The summed E-state index contributed by atoms with van der Waals surface area (Å²) in [5.74, 6) is 0.867. The molecule has 8 heteroatoms. The van der Waals surface area contributed by atoms with E-state index in [1.54, 1.807) is 19.5 Å². The number of benzene rings is 2. The largest absolute Gasteiger partial charge is 0.497 e. The van der Waals surface area contributed by atoms with Crippen molar-refractivity contribution in [1.29, 1.82) is 0 Å². The predicted octanol–water partition coefficient (Wildman–Crippen LogP) is 2.67. The molecule has 1 aliphatic heterocycles. The van der Waals surface area contributed by atoms with E-state index >= 15 is 0 Å². The number of fused-ring (bicyclic) bond motifs is 1. The van der Waals surface area contributed by atoms with Crippen LogP contribution in [-0.4, -0.2) is 59.5 Å². The molecule has 1 aromatic heterocycles. The summed E-state index contributed by atoms with van der Waals surface area (Å²) in [6.45, 7) is 3.47. The van der Waals surface area contributed by atoms with Crippen molar-refractivity contribution in [3.63, 3.8) is 0 Å². The first-order valence-electron chi connectivity index (χ1n) is 9.42. The molecular formula is C21H22N6OS. The van der Waals surface area contributed by atoms with Crippen molar-refractivity contribution in [3.05, 3.63) is 60.4 Å². The van der Waals surface area contributed by atoms with Gasteiger partial charge in [0.25, 0.3) is 0 Å². The first-order valence-corrected chi connectivity index (χ1v) is 9.82. The number of nitrogens with one attached hydrogen (secondary N) is 1. The van der Waals surface area contributed by atoms with Crippen molar-refractivity contribution in [2.24, 2.45) is 5.10 Å². The van der Waals surface area contributed by atoms with Crippen LogP contribution in [0.5, 0.6) is 5.75 Å². The molecule has 2 aromatic carbocycles. The number of nitrogens with zero attached hydrogens (tertiary/aromatic N) is 5. The monoisotopic (exact) mass is 406 g/mol. The van der Waals surface area contributed by atoms with Crippen molar-refractivity contribution in [2.75, 3.05) is 38.2 Å². The van der Waals surface area contributed by atoms with E-state index in [2.05, 4.69) is 42.4 Å². The van der Waals surface area contributed by atoms with Crippen LogP contribution >= 0.6 is 12.2 Å². The lowest BCUT2D eigenvalue weighted by molar-refractivity contribution is 0.381. The molecule has 0 radical (unpaired) electrons. The van der Waals surface area contributed by atoms with Gasteiger partial charge in [0.15, 0.2) is 5.11 Å². The second-order valence-electron chi connectivity index (χ2n) is 6.63. The summed E-state index contributed by atoms with van der Waals surface area (Å²) in [5, 5.41) is 4.85. The molecule has 1 aliphatic rings. The summed E-state index contributed by atoms with van der Waals surface area (Å²) < 4.78 is 5.22. The smallest absolute Gasteiger partial charge is 0.189 e. The predicted molar refractivity (Wildman–Crippen MR) is 120 cm³/mol. The molecule has 0 unspecified atom stereocenters. The maximum absolute atomic E-state index is 5.48. The van der Waals surface area contributed by atoms with E-state index in [9.17, 15) is 0 Å². The topological polar surface area (TPSA) is 65.9 Å². The average molecular weight is 407 g/mol. The van der Waals surface area contributed by atoms with Gasteiger partial charge < -0.3 is 14.5 Å². The molecule has 1 fully saturated rings. The van der Waals surface area contributed by atoms with Gasteiger partial charge in [-0.25, -0.2) is 4.98 Å². The van der Waals surface area contributed by atoms with E-state index in [4.69, 9.17) is 17.0 Å². The molecule has 1 N–H and O–H groups in total. The van der Waals surface area contributed by atoms with E-state index < -0.39 is 0 Å². The number of thiocarbonyl (C=S) groups is 1. The zero-order chi connectivity index (χ0) is 20.1. The Hall–Kier alpha value is -3.26. The summed E-state index contributed by atoms with van der Waals surface area (Å²) in [7, 11) is 1.68. The highest BCUT2D eigenvalue weighted by atomic mass is 32.1. The van der Waals surface area contributed by atoms with E-state index in [0.717, 1.165) is 43.0 Å². The lowest BCUT2D eigenvalue weighted by Gasteiger charge is -2.37. The average Bonchev–Trinajstić information content (AvgIpc) is 2.79. The van der Waals surface area contributed by atoms with Crippen molar-refractivity contribution in [1.82, 2.24) is 20.3 Å². The lowest BCUT2D eigenvalue weighted by atomic mass is 10.2. The maximum atomic E-state index is 5.48. The maximum Gasteiger partial charge on any atom is 0.189 e. The number of hydrazone groups is 1. The van der Waals surface area contributed by atoms with Crippen molar-refractivity contribution >= 4 is 40.3 Å². The minimum Gasteiger partial charge on any atom is -0.497 e. The summed E-state index contributed by atoms with van der Waals surface area (Å²) in [6, 6.07) is 15.9. The summed E-state index contributed by atoms with van der Waals surface area (Å²) in [4.78, 5) is 13.4. The molecule has 2 heterocycles. The third-order valence-electron chi connectivity index (χ3n) is 4.83. The number of hydrogen-bond donors (Lipinski definition) is 1. The molecule has 148 valence electrons. The molecule has 0 aliphatic carbocycles. The molecule has 3 aromatic rings. The number of rotatable bonds is 4. The summed E-state index contributed by atoms with van der Waals surface area (Å²) in [5.41, 5.74) is 6.52. The number of anilines is 1. The van der Waals surface area contributed by atoms with Crippen LogP contribution in [0.1, 0.15) is 5.69 Å². The van der Waals surface area contributed by atoms with Crippen LogP contribution in [0.2, 0.25) is 0 Å². The molecule has 7 nitrogen and oxygen atoms in total. The number of ether oxygens (including phenoxy) is 1. The van der Waals surface area contributed by atoms with Gasteiger partial charge in [0, 0.05) is 31.9 Å². The number of piperazine rings is 1. The van der Waals surface area contributed by atoms with Gasteiger partial charge in [-0.15, -0.1) is 0 Å². The van der Waals surface area contributed by atoms with Gasteiger partial charge in [0.05, 0.1) is 30.6 Å². The second-order valence-corrected chi connectivity index (χ2v) is 7.02. The fraction of sp³-hybridized carbons (Fsp3) is 0.238. The fourth-order valence-corrected chi connectivity index (χ4v) is 3.45. The third-order valence-corrected chi connectivity index (χ3v) is 5.18. The lowest BCUT2D eigenvalue weighted by Crippen LogP contribution is -2.51. The fourth-order valence-electron chi connectivity index (χ4n) is 3.22. The zero-order valence-corrected chi connectivity index (χ0v) is 17.0. The van der Waals surface area contributed by atoms with E-state index in [0.29, 0.717) is 10.8 Å². The van der Waals surface area contributed by atoms with Gasteiger partial charge in [0.2, 0.25) is 0 Å². The Morgan fingerprint density at radius 2 is 1.79 bits per heavy atom. The summed E-state index contributed by atoms with van der Waals surface area (Å²) >= 11 is 5.48. The SMILES string of the molecule is COc1ccc(N2CCN(C(=S)N/N=C\c3cnc4ccccc4n3)CC2)cc1. The zero-order valence-electron chi connectivity index (χ0n) is 16.2. The first kappa shape index (κ1) is 19.1. The van der Waals surface area contributed by atoms with E-state index in [1.165, 1.54) is 5.69 Å². The molecule has 1 saturated heterocycles. The van der Waals surface area contributed by atoms with Crippen molar-refractivity contribution in [3.8, 4) is 5.75 Å². The number of methoxy groups -OCH3 is 1. The highest BCUT2D eigenvalue weighted by molar-refractivity contribution is 7.80. The van der Waals surface area contributed by atoms with Crippen molar-refractivity contribution < 1.29 is 4.74 Å². The Morgan fingerprint density at radius 1 is 1.07 bits per heavy atom. The number of aromatic nitrogens is 2. The molecule has 0 bridgehead atoms. The minimum atomic E-state index is 0.615. The van der Waals surface area contributed by atoms with Crippen molar-refractivity contribution in [2.45, 2.75) is 0 Å². The quantitative estimate of drug-likeness (QED) is 0.406. The van der Waals surface area contributed by atoms with Crippen LogP contribution in [0.4, 0.5) is 5.69 Å². The Bertz CT molecular complexity index is 1020. The second kappa shape index (κ2) is 8.83. The van der Waals surface area contributed by atoms with Crippen LogP contribution in [0, 0.1) is 0 Å². The van der Waals surface area contributed by atoms with Crippen LogP contribution < -0.4 is 15.1 Å². The van der Waals surface area contributed by atoms with Gasteiger partial charge in [0.1, 0.15) is 11.4 Å². The number of hydrogen-bond acceptors (Lipinski definition) is 6. The molecule has 0 spiro atoms. The highest BCUT2D eigenvalue weighted by Gasteiger charge is 2.19. The Morgan fingerprint density at radius 3 is 2.52 bits per heavy atom. The Balaban J connectivity index is 1.29. The molecule has 29 heavy (non-hydrogen) atoms. The minimum absolute atomic E-state index is 0.615. The molecular weight excluding hydrogens is 384 g/mol. The standard InChI is InChI=1S/C21H22N6OS/c1-28-18-8-6-17(7-9-18)26-10-12-27(13-11-26)21(29)25-23-15-16-14-22-19-4-2-3-5-20(19)24-16/h2-9,14-15H,10-13H2,1H3,(H,25,29)/b23-15-. The van der Waals surface area contributed by atoms with E-state index in [1.807, 2.05) is 36.4 Å². The van der Waals surface area contributed by atoms with Crippen LogP contribution in [0.25, 0.3) is 11.0 Å². The van der Waals surface area contributed by atoms with Crippen LogP contribution in [0.3, 0.4) is 0 Å². The Kier molecular flexibility index (Phi) is 5.81. The van der Waals surface area contributed by atoms with Gasteiger partial charge in [-0.2, -0.15) is 5.10 Å². The van der Waals surface area contributed by atoms with Crippen LogP contribution in [0.15, 0.2) is 59.8 Å². The molecule has 0 saturated carbocycles. The van der Waals surface area contributed by atoms with Gasteiger partial charge in [-0.3, -0.25) is 10.4 Å². The van der Waals surface area contributed by atoms with Crippen LogP contribution in [-0.2, 0) is 0 Å². The normalized spacial score (nSPS) is 14.4. The molecule has 4 rings (SSSR count).